The van der Waals surface area contributed by atoms with Crippen LogP contribution in [0.5, 0.6) is 5.75 Å². The van der Waals surface area contributed by atoms with E-state index in [4.69, 9.17) is 4.74 Å². The number of thioether (sulfide) groups is 1. The fourth-order valence-corrected chi connectivity index (χ4v) is 5.17. The van der Waals surface area contributed by atoms with Crippen molar-refractivity contribution >= 4 is 28.1 Å². The highest BCUT2D eigenvalue weighted by atomic mass is 32.2. The third kappa shape index (κ3) is 2.40. The zero-order chi connectivity index (χ0) is 16.8. The molecule has 25 heavy (non-hydrogen) atoms. The number of allylic oxidation sites excluding steroid dienone is 2. The monoisotopic (exact) mass is 342 g/mol. The van der Waals surface area contributed by atoms with E-state index < -0.39 is 0 Å². The van der Waals surface area contributed by atoms with Crippen LogP contribution >= 0.6 is 11.8 Å². The third-order valence-electron chi connectivity index (χ3n) is 5.06. The Balaban J connectivity index is 1.61. The van der Waals surface area contributed by atoms with E-state index in [1.807, 2.05) is 11.8 Å². The zero-order valence-corrected chi connectivity index (χ0v) is 14.8. The number of hydrogen-bond acceptors (Lipinski definition) is 2. The molecule has 2 unspecified atom stereocenters. The van der Waals surface area contributed by atoms with E-state index in [2.05, 4.69) is 85.8 Å². The summed E-state index contributed by atoms with van der Waals surface area (Å²) in [5, 5.41) is 2.87. The summed E-state index contributed by atoms with van der Waals surface area (Å²) < 4.78 is 6.34. The SMILES string of the molecule is C/C(=C1/C=CC2Oc3ccc4ccccc4c3SC12)c1ccccc1. The van der Waals surface area contributed by atoms with Gasteiger partial charge >= 0.3 is 0 Å². The Bertz CT molecular complexity index is 1020. The summed E-state index contributed by atoms with van der Waals surface area (Å²) >= 11 is 1.94. The number of benzene rings is 3. The van der Waals surface area contributed by atoms with Crippen molar-refractivity contribution in [2.45, 2.75) is 23.2 Å². The molecule has 0 saturated carbocycles. The quantitative estimate of drug-likeness (QED) is 0.528. The van der Waals surface area contributed by atoms with Gasteiger partial charge in [-0.25, -0.2) is 0 Å². The Hall–Kier alpha value is -2.45. The largest absolute Gasteiger partial charge is 0.484 e. The molecule has 0 aromatic heterocycles. The maximum Gasteiger partial charge on any atom is 0.134 e. The lowest BCUT2D eigenvalue weighted by Gasteiger charge is -2.30. The average molecular weight is 342 g/mol. The maximum atomic E-state index is 6.34. The van der Waals surface area contributed by atoms with Gasteiger partial charge in [0.1, 0.15) is 11.9 Å². The van der Waals surface area contributed by atoms with Crippen molar-refractivity contribution in [1.29, 1.82) is 0 Å². The van der Waals surface area contributed by atoms with Gasteiger partial charge in [0.25, 0.3) is 0 Å². The second kappa shape index (κ2) is 5.82. The molecule has 0 spiro atoms. The summed E-state index contributed by atoms with van der Waals surface area (Å²) in [6.45, 7) is 2.22. The Morgan fingerprint density at radius 3 is 2.60 bits per heavy atom. The third-order valence-corrected chi connectivity index (χ3v) is 6.49. The van der Waals surface area contributed by atoms with Crippen LogP contribution in [0.1, 0.15) is 12.5 Å². The molecule has 1 aliphatic heterocycles. The fraction of sp³-hybridized carbons (Fsp3) is 0.130. The molecule has 0 bridgehead atoms. The summed E-state index contributed by atoms with van der Waals surface area (Å²) in [4.78, 5) is 1.27. The minimum absolute atomic E-state index is 0.118. The molecule has 2 atom stereocenters. The molecule has 0 radical (unpaired) electrons. The smallest absolute Gasteiger partial charge is 0.134 e. The van der Waals surface area contributed by atoms with E-state index in [1.54, 1.807) is 0 Å². The van der Waals surface area contributed by atoms with E-state index in [0.717, 1.165) is 5.75 Å². The standard InChI is InChI=1S/C23H18OS/c1-15(16-7-3-2-4-8-16)18-12-14-21-22(18)25-23-19-10-6-5-9-17(19)11-13-20(23)24-21/h2-14,21-22H,1H3/b18-15+. The first-order valence-electron chi connectivity index (χ1n) is 8.61. The van der Waals surface area contributed by atoms with Crippen LogP contribution in [0.2, 0.25) is 0 Å². The first-order valence-corrected chi connectivity index (χ1v) is 9.49. The van der Waals surface area contributed by atoms with E-state index >= 15 is 0 Å². The van der Waals surface area contributed by atoms with Gasteiger partial charge < -0.3 is 4.74 Å². The van der Waals surface area contributed by atoms with Crippen LogP contribution in [0.15, 0.2) is 89.4 Å². The van der Waals surface area contributed by atoms with Gasteiger partial charge in [-0.3, -0.25) is 0 Å². The topological polar surface area (TPSA) is 9.23 Å². The number of hydrogen-bond donors (Lipinski definition) is 0. The van der Waals surface area contributed by atoms with Crippen LogP contribution in [0.25, 0.3) is 16.3 Å². The summed E-state index contributed by atoms with van der Waals surface area (Å²) in [6.07, 6.45) is 4.57. The van der Waals surface area contributed by atoms with Crippen LogP contribution in [0.3, 0.4) is 0 Å². The molecule has 1 nitrogen and oxygen atoms in total. The fourth-order valence-electron chi connectivity index (χ4n) is 3.71. The van der Waals surface area contributed by atoms with Crippen molar-refractivity contribution in [3.63, 3.8) is 0 Å². The highest BCUT2D eigenvalue weighted by Gasteiger charge is 2.36. The van der Waals surface area contributed by atoms with Crippen molar-refractivity contribution in [1.82, 2.24) is 0 Å². The Morgan fingerprint density at radius 1 is 0.920 bits per heavy atom. The molecule has 0 saturated heterocycles. The molecule has 122 valence electrons. The summed E-state index contributed by atoms with van der Waals surface area (Å²) in [5.41, 5.74) is 4.00. The van der Waals surface area contributed by atoms with Gasteiger partial charge in [-0.15, -0.1) is 11.8 Å². The maximum absolute atomic E-state index is 6.34. The summed E-state index contributed by atoms with van der Waals surface area (Å²) in [5.74, 6) is 1.01. The summed E-state index contributed by atoms with van der Waals surface area (Å²) in [7, 11) is 0. The molecule has 1 aliphatic carbocycles. The second-order valence-corrected chi connectivity index (χ2v) is 7.69. The van der Waals surface area contributed by atoms with Gasteiger partial charge in [-0.2, -0.15) is 0 Å². The molecule has 2 heteroatoms. The van der Waals surface area contributed by atoms with Crippen LogP contribution in [-0.4, -0.2) is 11.4 Å². The highest BCUT2D eigenvalue weighted by molar-refractivity contribution is 8.00. The van der Waals surface area contributed by atoms with Gasteiger partial charge in [0, 0.05) is 0 Å². The lowest BCUT2D eigenvalue weighted by Crippen LogP contribution is -2.28. The number of fused-ring (bicyclic) bond motifs is 4. The van der Waals surface area contributed by atoms with Crippen molar-refractivity contribution in [2.75, 3.05) is 0 Å². The van der Waals surface area contributed by atoms with E-state index in [-0.39, 0.29) is 6.10 Å². The van der Waals surface area contributed by atoms with Gasteiger partial charge in [0.05, 0.1) is 10.1 Å². The molecule has 3 aromatic rings. The molecule has 0 N–H and O–H groups in total. The highest BCUT2D eigenvalue weighted by Crippen LogP contribution is 2.49. The minimum Gasteiger partial charge on any atom is -0.484 e. The predicted octanol–water partition coefficient (Wildman–Crippen LogP) is 6.11. The second-order valence-electron chi connectivity index (χ2n) is 6.54. The molecular formula is C23H18OS. The van der Waals surface area contributed by atoms with E-state index in [9.17, 15) is 0 Å². The van der Waals surface area contributed by atoms with Crippen LogP contribution in [0.4, 0.5) is 0 Å². The predicted molar refractivity (Wildman–Crippen MR) is 106 cm³/mol. The zero-order valence-electron chi connectivity index (χ0n) is 14.0. The molecule has 2 aliphatic rings. The van der Waals surface area contributed by atoms with Crippen molar-refractivity contribution in [3.05, 3.63) is 90.0 Å². The number of ether oxygens (including phenoxy) is 1. The first-order chi connectivity index (χ1) is 12.3. The van der Waals surface area contributed by atoms with Crippen LogP contribution < -0.4 is 4.74 Å². The summed E-state index contributed by atoms with van der Waals surface area (Å²) in [6, 6.07) is 23.5. The average Bonchev–Trinajstić information content (AvgIpc) is 3.09. The molecule has 5 rings (SSSR count). The van der Waals surface area contributed by atoms with Crippen molar-refractivity contribution < 1.29 is 4.74 Å². The Morgan fingerprint density at radius 2 is 1.72 bits per heavy atom. The molecular weight excluding hydrogens is 324 g/mol. The van der Waals surface area contributed by atoms with Gasteiger partial charge in [-0.05, 0) is 46.5 Å². The van der Waals surface area contributed by atoms with Crippen molar-refractivity contribution in [3.8, 4) is 5.75 Å². The van der Waals surface area contributed by atoms with Gasteiger partial charge in [0.2, 0.25) is 0 Å². The lowest BCUT2D eigenvalue weighted by atomic mass is 10.0. The molecule has 0 amide bonds. The van der Waals surface area contributed by atoms with Crippen molar-refractivity contribution in [2.24, 2.45) is 0 Å². The van der Waals surface area contributed by atoms with Crippen LogP contribution in [0, 0.1) is 0 Å². The Labute approximate surface area is 152 Å². The normalized spacial score (nSPS) is 23.1. The van der Waals surface area contributed by atoms with Gasteiger partial charge in [-0.1, -0.05) is 66.7 Å². The Kier molecular flexibility index (Phi) is 3.46. The lowest BCUT2D eigenvalue weighted by molar-refractivity contribution is 0.249. The van der Waals surface area contributed by atoms with E-state index in [0.29, 0.717) is 5.25 Å². The first kappa shape index (κ1) is 14.9. The van der Waals surface area contributed by atoms with E-state index in [1.165, 1.54) is 32.4 Å². The molecule has 0 fully saturated rings. The molecule has 1 heterocycles. The van der Waals surface area contributed by atoms with Gasteiger partial charge in [0.15, 0.2) is 0 Å². The molecule has 3 aromatic carbocycles. The minimum atomic E-state index is 0.118. The van der Waals surface area contributed by atoms with Crippen LogP contribution in [-0.2, 0) is 0 Å². The number of rotatable bonds is 1.